The minimum atomic E-state index is -1.01. The molecule has 0 unspecified atom stereocenters. The zero-order chi connectivity index (χ0) is 19.5. The summed E-state index contributed by atoms with van der Waals surface area (Å²) in [5.74, 6) is 1.66. The van der Waals surface area contributed by atoms with E-state index in [1.165, 1.54) is 4.90 Å². The molecule has 7 heteroatoms. The van der Waals surface area contributed by atoms with Gasteiger partial charge in [0.15, 0.2) is 0 Å². The zero-order valence-corrected chi connectivity index (χ0v) is 14.9. The van der Waals surface area contributed by atoms with Gasteiger partial charge in [0.25, 0.3) is 0 Å². The molecule has 4 aromatic rings. The SMILES string of the molecule is Nc1cn2cc(Oc3ccc(N(Cc4ccccc4)C(=O)O)cc3)ccc2n1. The normalized spacial score (nSPS) is 10.7. The fraction of sp³-hybridized carbons (Fsp3) is 0.0476. The van der Waals surface area contributed by atoms with Crippen LogP contribution in [0.25, 0.3) is 5.65 Å². The monoisotopic (exact) mass is 374 g/mol. The van der Waals surface area contributed by atoms with Crippen molar-refractivity contribution in [3.63, 3.8) is 0 Å². The van der Waals surface area contributed by atoms with Gasteiger partial charge < -0.3 is 20.0 Å². The Kier molecular flexibility index (Phi) is 4.55. The number of fused-ring (bicyclic) bond motifs is 1. The second-order valence-corrected chi connectivity index (χ2v) is 6.25. The molecule has 140 valence electrons. The molecule has 1 amide bonds. The Balaban J connectivity index is 1.52. The Bertz CT molecular complexity index is 1110. The average Bonchev–Trinajstić information content (AvgIpc) is 3.07. The van der Waals surface area contributed by atoms with Crippen LogP contribution in [0.2, 0.25) is 0 Å². The van der Waals surface area contributed by atoms with Gasteiger partial charge in [-0.05, 0) is 42.0 Å². The number of rotatable bonds is 5. The van der Waals surface area contributed by atoms with Crippen molar-refractivity contribution in [2.24, 2.45) is 0 Å². The first kappa shape index (κ1) is 17.4. The molecule has 0 saturated heterocycles. The van der Waals surface area contributed by atoms with E-state index in [2.05, 4.69) is 4.98 Å². The lowest BCUT2D eigenvalue weighted by atomic mass is 10.2. The molecule has 2 aromatic heterocycles. The number of carbonyl (C=O) groups is 1. The number of pyridine rings is 1. The van der Waals surface area contributed by atoms with E-state index < -0.39 is 6.09 Å². The maximum Gasteiger partial charge on any atom is 0.412 e. The molecule has 0 aliphatic heterocycles. The van der Waals surface area contributed by atoms with Crippen molar-refractivity contribution in [1.29, 1.82) is 0 Å². The van der Waals surface area contributed by atoms with E-state index in [0.29, 0.717) is 23.0 Å². The quantitative estimate of drug-likeness (QED) is 0.540. The van der Waals surface area contributed by atoms with Crippen LogP contribution in [-0.2, 0) is 6.54 Å². The van der Waals surface area contributed by atoms with Gasteiger partial charge in [0, 0.05) is 5.69 Å². The molecule has 0 bridgehead atoms. The predicted molar refractivity (Wildman–Crippen MR) is 107 cm³/mol. The molecule has 0 aliphatic carbocycles. The number of aromatic nitrogens is 2. The molecule has 0 aliphatic rings. The lowest BCUT2D eigenvalue weighted by Gasteiger charge is -2.19. The number of imidazole rings is 1. The molecule has 4 rings (SSSR count). The molecule has 0 fully saturated rings. The van der Waals surface area contributed by atoms with Gasteiger partial charge in [-0.15, -0.1) is 0 Å². The number of nitrogens with zero attached hydrogens (tertiary/aromatic N) is 3. The Morgan fingerprint density at radius 1 is 1.00 bits per heavy atom. The van der Waals surface area contributed by atoms with Gasteiger partial charge in [-0.2, -0.15) is 0 Å². The van der Waals surface area contributed by atoms with Crippen LogP contribution in [0.4, 0.5) is 16.3 Å². The molecule has 2 heterocycles. The number of ether oxygens (including phenoxy) is 1. The van der Waals surface area contributed by atoms with Crippen molar-refractivity contribution >= 4 is 23.2 Å². The van der Waals surface area contributed by atoms with Crippen LogP contribution in [0.15, 0.2) is 79.1 Å². The summed E-state index contributed by atoms with van der Waals surface area (Å²) in [6.07, 6.45) is 2.48. The van der Waals surface area contributed by atoms with Gasteiger partial charge in [0.1, 0.15) is 23.0 Å². The number of nitrogen functional groups attached to an aromatic ring is 1. The van der Waals surface area contributed by atoms with Crippen LogP contribution >= 0.6 is 0 Å². The Morgan fingerprint density at radius 2 is 1.71 bits per heavy atom. The van der Waals surface area contributed by atoms with Gasteiger partial charge in [-0.1, -0.05) is 30.3 Å². The smallest absolute Gasteiger partial charge is 0.412 e. The number of carboxylic acid groups (broad SMARTS) is 1. The summed E-state index contributed by atoms with van der Waals surface area (Å²) in [6, 6.07) is 20.0. The van der Waals surface area contributed by atoms with E-state index in [1.807, 2.05) is 36.4 Å². The first-order valence-corrected chi connectivity index (χ1v) is 8.65. The van der Waals surface area contributed by atoms with Crippen molar-refractivity contribution in [3.05, 3.63) is 84.7 Å². The summed E-state index contributed by atoms with van der Waals surface area (Å²) in [7, 11) is 0. The summed E-state index contributed by atoms with van der Waals surface area (Å²) in [6.45, 7) is 0.273. The Morgan fingerprint density at radius 3 is 2.43 bits per heavy atom. The molecule has 3 N–H and O–H groups in total. The average molecular weight is 374 g/mol. The third-order valence-corrected chi connectivity index (χ3v) is 4.24. The molecule has 0 atom stereocenters. The van der Waals surface area contributed by atoms with E-state index in [9.17, 15) is 9.90 Å². The Hall–Kier alpha value is -4.00. The minimum absolute atomic E-state index is 0.273. The summed E-state index contributed by atoms with van der Waals surface area (Å²) in [4.78, 5) is 17.1. The number of hydrogen-bond acceptors (Lipinski definition) is 4. The van der Waals surface area contributed by atoms with E-state index in [0.717, 1.165) is 11.2 Å². The van der Waals surface area contributed by atoms with Gasteiger partial charge >= 0.3 is 6.09 Å². The fourth-order valence-electron chi connectivity index (χ4n) is 2.92. The van der Waals surface area contributed by atoms with Crippen molar-refractivity contribution in [2.75, 3.05) is 10.6 Å². The highest BCUT2D eigenvalue weighted by molar-refractivity contribution is 5.86. The van der Waals surface area contributed by atoms with Gasteiger partial charge in [-0.3, -0.25) is 4.90 Å². The van der Waals surface area contributed by atoms with E-state index in [4.69, 9.17) is 10.5 Å². The van der Waals surface area contributed by atoms with E-state index in [1.54, 1.807) is 47.1 Å². The van der Waals surface area contributed by atoms with E-state index >= 15 is 0 Å². The largest absolute Gasteiger partial charge is 0.465 e. The molecular formula is C21H18N4O3. The van der Waals surface area contributed by atoms with Crippen molar-refractivity contribution in [3.8, 4) is 11.5 Å². The van der Waals surface area contributed by atoms with Gasteiger partial charge in [0.05, 0.1) is 18.9 Å². The second kappa shape index (κ2) is 7.32. The third-order valence-electron chi connectivity index (χ3n) is 4.24. The van der Waals surface area contributed by atoms with Crippen LogP contribution in [0, 0.1) is 0 Å². The zero-order valence-electron chi connectivity index (χ0n) is 14.9. The summed E-state index contributed by atoms with van der Waals surface area (Å²) in [5, 5.41) is 9.57. The molecule has 0 radical (unpaired) electrons. The predicted octanol–water partition coefficient (Wildman–Crippen LogP) is 4.39. The summed E-state index contributed by atoms with van der Waals surface area (Å²) >= 11 is 0. The maximum absolute atomic E-state index is 11.7. The van der Waals surface area contributed by atoms with Crippen LogP contribution in [0.1, 0.15) is 5.56 Å². The highest BCUT2D eigenvalue weighted by Gasteiger charge is 2.15. The molecular weight excluding hydrogens is 356 g/mol. The number of amides is 1. The van der Waals surface area contributed by atoms with Crippen LogP contribution in [-0.4, -0.2) is 20.6 Å². The summed E-state index contributed by atoms with van der Waals surface area (Å²) in [5.41, 5.74) is 7.91. The molecule has 28 heavy (non-hydrogen) atoms. The number of benzene rings is 2. The highest BCUT2D eigenvalue weighted by atomic mass is 16.5. The first-order chi connectivity index (χ1) is 13.6. The topological polar surface area (TPSA) is 93.1 Å². The molecule has 0 spiro atoms. The van der Waals surface area contributed by atoms with Crippen LogP contribution in [0.3, 0.4) is 0 Å². The van der Waals surface area contributed by atoms with Crippen LogP contribution in [0.5, 0.6) is 11.5 Å². The molecule has 7 nitrogen and oxygen atoms in total. The lowest BCUT2D eigenvalue weighted by molar-refractivity contribution is 0.201. The third kappa shape index (κ3) is 3.73. The van der Waals surface area contributed by atoms with Crippen molar-refractivity contribution < 1.29 is 14.6 Å². The van der Waals surface area contributed by atoms with Crippen molar-refractivity contribution in [1.82, 2.24) is 9.38 Å². The highest BCUT2D eigenvalue weighted by Crippen LogP contribution is 2.26. The second-order valence-electron chi connectivity index (χ2n) is 6.25. The number of anilines is 2. The molecule has 2 aromatic carbocycles. The summed E-state index contributed by atoms with van der Waals surface area (Å²) < 4.78 is 7.64. The number of nitrogens with two attached hydrogens (primary N) is 1. The van der Waals surface area contributed by atoms with E-state index in [-0.39, 0.29) is 6.54 Å². The first-order valence-electron chi connectivity index (χ1n) is 8.65. The molecule has 0 saturated carbocycles. The maximum atomic E-state index is 11.7. The van der Waals surface area contributed by atoms with Gasteiger partial charge in [-0.25, -0.2) is 9.78 Å². The number of hydrogen-bond donors (Lipinski definition) is 2. The fourth-order valence-corrected chi connectivity index (χ4v) is 2.92. The lowest BCUT2D eigenvalue weighted by Crippen LogP contribution is -2.28. The van der Waals surface area contributed by atoms with Crippen molar-refractivity contribution in [2.45, 2.75) is 6.54 Å². The van der Waals surface area contributed by atoms with Gasteiger partial charge in [0.2, 0.25) is 0 Å². The van der Waals surface area contributed by atoms with Crippen LogP contribution < -0.4 is 15.4 Å². The standard InChI is InChI=1S/C21H18N4O3/c22-19-14-24-13-18(10-11-20(24)23-19)28-17-8-6-16(7-9-17)25(21(26)27)12-15-4-2-1-3-5-15/h1-11,13-14H,12,22H2,(H,26,27). The Labute approximate surface area is 161 Å². The minimum Gasteiger partial charge on any atom is -0.465 e.